The second kappa shape index (κ2) is 7.21. The van der Waals surface area contributed by atoms with E-state index in [1.54, 1.807) is 0 Å². The molecule has 0 spiro atoms. The lowest BCUT2D eigenvalue weighted by atomic mass is 9.83. The Hall–Kier alpha value is -0.160. The summed E-state index contributed by atoms with van der Waals surface area (Å²) in [6, 6.07) is 0.661. The summed E-state index contributed by atoms with van der Waals surface area (Å²) < 4.78 is 5.93. The first-order valence-corrected chi connectivity index (χ1v) is 8.42. The molecule has 0 aromatic heterocycles. The highest BCUT2D eigenvalue weighted by atomic mass is 16.5. The minimum Gasteiger partial charge on any atom is -0.378 e. The summed E-state index contributed by atoms with van der Waals surface area (Å²) in [5, 5.41) is 0. The van der Waals surface area contributed by atoms with E-state index in [1.807, 2.05) is 0 Å². The van der Waals surface area contributed by atoms with Crippen molar-refractivity contribution in [1.82, 2.24) is 9.80 Å². The van der Waals surface area contributed by atoms with Crippen LogP contribution in [0.4, 0.5) is 0 Å². The SMILES string of the molecule is CCCC1CC(CN)(N2CCN(C(C)C)CC2)CCO1. The van der Waals surface area contributed by atoms with Gasteiger partial charge in [-0.25, -0.2) is 0 Å². The Balaban J connectivity index is 1.97. The maximum absolute atomic E-state index is 6.21. The maximum Gasteiger partial charge on any atom is 0.0593 e. The van der Waals surface area contributed by atoms with E-state index in [9.17, 15) is 0 Å². The molecule has 2 heterocycles. The summed E-state index contributed by atoms with van der Waals surface area (Å²) >= 11 is 0. The fourth-order valence-electron chi connectivity index (χ4n) is 3.82. The predicted molar refractivity (Wildman–Crippen MR) is 83.9 cm³/mol. The molecule has 0 bridgehead atoms. The number of nitrogens with zero attached hydrogens (tertiary/aromatic N) is 2. The summed E-state index contributed by atoms with van der Waals surface area (Å²) in [4.78, 5) is 5.24. The first-order valence-electron chi connectivity index (χ1n) is 8.42. The lowest BCUT2D eigenvalue weighted by molar-refractivity contribution is -0.0857. The van der Waals surface area contributed by atoms with E-state index < -0.39 is 0 Å². The van der Waals surface area contributed by atoms with Crippen molar-refractivity contribution in [2.24, 2.45) is 5.73 Å². The monoisotopic (exact) mass is 283 g/mol. The van der Waals surface area contributed by atoms with E-state index in [4.69, 9.17) is 10.5 Å². The Morgan fingerprint density at radius 2 is 1.95 bits per heavy atom. The summed E-state index contributed by atoms with van der Waals surface area (Å²) in [5.41, 5.74) is 6.41. The van der Waals surface area contributed by atoms with Crippen molar-refractivity contribution in [3.63, 3.8) is 0 Å². The second-order valence-electron chi connectivity index (χ2n) is 6.78. The molecule has 4 heteroatoms. The quantitative estimate of drug-likeness (QED) is 0.834. The molecule has 4 nitrogen and oxygen atoms in total. The van der Waals surface area contributed by atoms with Gasteiger partial charge in [0.25, 0.3) is 0 Å². The molecule has 0 radical (unpaired) electrons. The van der Waals surface area contributed by atoms with Gasteiger partial charge in [-0.15, -0.1) is 0 Å². The number of piperazine rings is 1. The molecule has 2 rings (SSSR count). The number of rotatable bonds is 5. The minimum absolute atomic E-state index is 0.196. The van der Waals surface area contributed by atoms with Crippen molar-refractivity contribution in [3.05, 3.63) is 0 Å². The van der Waals surface area contributed by atoms with Crippen molar-refractivity contribution >= 4 is 0 Å². The molecular formula is C16H33N3O. The molecular weight excluding hydrogens is 250 g/mol. The van der Waals surface area contributed by atoms with Crippen LogP contribution in [0.5, 0.6) is 0 Å². The Morgan fingerprint density at radius 1 is 1.25 bits per heavy atom. The fourth-order valence-corrected chi connectivity index (χ4v) is 3.82. The van der Waals surface area contributed by atoms with Crippen LogP contribution in [0.25, 0.3) is 0 Å². The van der Waals surface area contributed by atoms with Gasteiger partial charge in [-0.05, 0) is 33.1 Å². The Labute approximate surface area is 124 Å². The smallest absolute Gasteiger partial charge is 0.0593 e. The number of hydrogen-bond acceptors (Lipinski definition) is 4. The molecule has 0 amide bonds. The first kappa shape index (κ1) is 16.2. The molecule has 2 N–H and O–H groups in total. The largest absolute Gasteiger partial charge is 0.378 e. The zero-order valence-electron chi connectivity index (χ0n) is 13.6. The Kier molecular flexibility index (Phi) is 5.84. The van der Waals surface area contributed by atoms with Crippen LogP contribution in [0, 0.1) is 0 Å². The standard InChI is InChI=1S/C16H33N3O/c1-4-5-15-12-16(13-17,6-11-20-15)19-9-7-18(8-10-19)14(2)3/h14-15H,4-13,17H2,1-3H3. The summed E-state index contributed by atoms with van der Waals surface area (Å²) in [7, 11) is 0. The molecule has 2 saturated heterocycles. The van der Waals surface area contributed by atoms with Crippen molar-refractivity contribution in [2.45, 2.75) is 64.1 Å². The van der Waals surface area contributed by atoms with Crippen LogP contribution in [0.15, 0.2) is 0 Å². The van der Waals surface area contributed by atoms with Gasteiger partial charge in [0, 0.05) is 50.9 Å². The molecule has 118 valence electrons. The molecule has 2 unspecified atom stereocenters. The predicted octanol–water partition coefficient (Wildman–Crippen LogP) is 1.69. The minimum atomic E-state index is 0.196. The van der Waals surface area contributed by atoms with Crippen LogP contribution in [0.1, 0.15) is 46.5 Å². The van der Waals surface area contributed by atoms with Gasteiger partial charge < -0.3 is 10.5 Å². The molecule has 2 aliphatic heterocycles. The lowest BCUT2D eigenvalue weighted by Gasteiger charge is -2.51. The summed E-state index contributed by atoms with van der Waals surface area (Å²) in [6.45, 7) is 13.2. The Bertz CT molecular complexity index is 287. The van der Waals surface area contributed by atoms with E-state index in [0.29, 0.717) is 12.1 Å². The molecule has 0 aromatic carbocycles. The van der Waals surface area contributed by atoms with Crippen molar-refractivity contribution in [2.75, 3.05) is 39.3 Å². The first-order chi connectivity index (χ1) is 9.61. The molecule has 2 atom stereocenters. The van der Waals surface area contributed by atoms with Gasteiger partial charge in [-0.2, -0.15) is 0 Å². The van der Waals surface area contributed by atoms with Gasteiger partial charge in [0.1, 0.15) is 0 Å². The van der Waals surface area contributed by atoms with Gasteiger partial charge in [0.15, 0.2) is 0 Å². The van der Waals surface area contributed by atoms with E-state index in [0.717, 1.165) is 39.1 Å². The fraction of sp³-hybridized carbons (Fsp3) is 1.00. The maximum atomic E-state index is 6.21. The number of nitrogens with two attached hydrogens (primary N) is 1. The highest BCUT2D eigenvalue weighted by molar-refractivity contribution is 4.98. The van der Waals surface area contributed by atoms with Gasteiger partial charge in [-0.1, -0.05) is 13.3 Å². The van der Waals surface area contributed by atoms with Gasteiger partial charge >= 0.3 is 0 Å². The van der Waals surface area contributed by atoms with Crippen molar-refractivity contribution in [3.8, 4) is 0 Å². The molecule has 2 aliphatic rings. The molecule has 0 saturated carbocycles. The van der Waals surface area contributed by atoms with E-state index in [-0.39, 0.29) is 5.54 Å². The third-order valence-corrected chi connectivity index (χ3v) is 5.23. The van der Waals surface area contributed by atoms with Crippen molar-refractivity contribution < 1.29 is 4.74 Å². The molecule has 0 aromatic rings. The molecule has 0 aliphatic carbocycles. The highest BCUT2D eigenvalue weighted by Gasteiger charge is 2.41. The second-order valence-corrected chi connectivity index (χ2v) is 6.78. The lowest BCUT2D eigenvalue weighted by Crippen LogP contribution is -2.63. The van der Waals surface area contributed by atoms with Crippen LogP contribution < -0.4 is 5.73 Å². The third-order valence-electron chi connectivity index (χ3n) is 5.23. The molecule has 2 fully saturated rings. The Morgan fingerprint density at radius 3 is 2.50 bits per heavy atom. The average molecular weight is 283 g/mol. The van der Waals surface area contributed by atoms with Crippen LogP contribution in [0.3, 0.4) is 0 Å². The normalized spacial score (nSPS) is 33.8. The van der Waals surface area contributed by atoms with Crippen LogP contribution in [-0.2, 0) is 4.74 Å². The van der Waals surface area contributed by atoms with E-state index in [2.05, 4.69) is 30.6 Å². The van der Waals surface area contributed by atoms with Crippen LogP contribution in [0.2, 0.25) is 0 Å². The van der Waals surface area contributed by atoms with Gasteiger partial charge in [0.2, 0.25) is 0 Å². The van der Waals surface area contributed by atoms with Gasteiger partial charge in [0.05, 0.1) is 6.10 Å². The zero-order valence-corrected chi connectivity index (χ0v) is 13.6. The van der Waals surface area contributed by atoms with Crippen LogP contribution >= 0.6 is 0 Å². The van der Waals surface area contributed by atoms with Crippen molar-refractivity contribution in [1.29, 1.82) is 0 Å². The van der Waals surface area contributed by atoms with Crippen LogP contribution in [-0.4, -0.2) is 66.8 Å². The zero-order chi connectivity index (χ0) is 14.6. The van der Waals surface area contributed by atoms with E-state index in [1.165, 1.54) is 25.9 Å². The van der Waals surface area contributed by atoms with E-state index >= 15 is 0 Å². The van der Waals surface area contributed by atoms with Gasteiger partial charge in [-0.3, -0.25) is 9.80 Å². The number of ether oxygens (including phenoxy) is 1. The molecule has 20 heavy (non-hydrogen) atoms. The number of hydrogen-bond donors (Lipinski definition) is 1. The summed E-state index contributed by atoms with van der Waals surface area (Å²) in [5.74, 6) is 0. The average Bonchev–Trinajstić information content (AvgIpc) is 2.48. The topological polar surface area (TPSA) is 41.7 Å². The summed E-state index contributed by atoms with van der Waals surface area (Å²) in [6.07, 6.45) is 5.02. The highest BCUT2D eigenvalue weighted by Crippen LogP contribution is 2.32. The third kappa shape index (κ3) is 3.53.